The lowest BCUT2D eigenvalue weighted by Gasteiger charge is -2.42. The number of hydrogen-bond donors (Lipinski definition) is 0. The molecule has 0 radical (unpaired) electrons. The van der Waals surface area contributed by atoms with Crippen molar-refractivity contribution >= 4 is 83.9 Å². The SMILES string of the molecule is CC(C)(C)c1ccc(N2B3c4cc5cc(-c6ccccc6)oc5cc4-n4c5cc6c(cc5c5c7c(oc8ccccc87)c(c3c54)-c3cc(C(C)(C)C)ccc32)C(C)(C)CCC6(C)C)cc1. The molecule has 0 amide bonds. The Labute approximate surface area is 382 Å². The summed E-state index contributed by atoms with van der Waals surface area (Å²) in [5, 5.41) is 6.03. The van der Waals surface area contributed by atoms with Crippen LogP contribution in [0.4, 0.5) is 11.4 Å². The Morgan fingerprint density at radius 2 is 1.26 bits per heavy atom. The molecular formula is C60H55BN2O2. The van der Waals surface area contributed by atoms with Crippen LogP contribution in [0.1, 0.15) is 104 Å². The van der Waals surface area contributed by atoms with E-state index < -0.39 is 0 Å². The van der Waals surface area contributed by atoms with Gasteiger partial charge < -0.3 is 18.2 Å². The van der Waals surface area contributed by atoms with E-state index in [0.717, 1.165) is 51.7 Å². The molecule has 320 valence electrons. The largest absolute Gasteiger partial charge is 0.456 e. The third-order valence-electron chi connectivity index (χ3n) is 15.7. The van der Waals surface area contributed by atoms with Crippen molar-refractivity contribution in [3.8, 4) is 28.1 Å². The fourth-order valence-electron chi connectivity index (χ4n) is 12.0. The molecule has 4 nitrogen and oxygen atoms in total. The molecule has 13 rings (SSSR count). The number of fused-ring (bicyclic) bond motifs is 15. The topological polar surface area (TPSA) is 34.5 Å². The molecule has 0 saturated carbocycles. The van der Waals surface area contributed by atoms with Crippen LogP contribution in [-0.4, -0.2) is 11.4 Å². The molecule has 5 heteroatoms. The van der Waals surface area contributed by atoms with Gasteiger partial charge in [0.1, 0.15) is 22.5 Å². The zero-order valence-corrected chi connectivity index (χ0v) is 39.3. The van der Waals surface area contributed by atoms with Gasteiger partial charge in [0.15, 0.2) is 0 Å². The summed E-state index contributed by atoms with van der Waals surface area (Å²) in [6, 6.07) is 48.1. The van der Waals surface area contributed by atoms with Crippen molar-refractivity contribution in [2.75, 3.05) is 4.81 Å². The molecular weight excluding hydrogens is 791 g/mol. The van der Waals surface area contributed by atoms with Crippen LogP contribution in [0.3, 0.4) is 0 Å². The molecule has 0 bridgehead atoms. The summed E-state index contributed by atoms with van der Waals surface area (Å²) < 4.78 is 16.8. The van der Waals surface area contributed by atoms with Crippen molar-refractivity contribution in [1.29, 1.82) is 0 Å². The molecule has 65 heavy (non-hydrogen) atoms. The van der Waals surface area contributed by atoms with E-state index >= 15 is 0 Å². The minimum atomic E-state index is -0.174. The lowest BCUT2D eigenvalue weighted by Crippen LogP contribution is -2.60. The number of benzene rings is 7. The maximum absolute atomic E-state index is 7.32. The van der Waals surface area contributed by atoms with Gasteiger partial charge in [0.05, 0.1) is 11.0 Å². The Bertz CT molecular complexity index is 3680. The van der Waals surface area contributed by atoms with Crippen LogP contribution in [0.2, 0.25) is 0 Å². The summed E-state index contributed by atoms with van der Waals surface area (Å²) in [6.45, 7) is 23.5. The van der Waals surface area contributed by atoms with Gasteiger partial charge in [-0.1, -0.05) is 142 Å². The van der Waals surface area contributed by atoms with Crippen molar-refractivity contribution < 1.29 is 8.83 Å². The average Bonchev–Trinajstić information content (AvgIpc) is 3.98. The summed E-state index contributed by atoms with van der Waals surface area (Å²) >= 11 is 0. The monoisotopic (exact) mass is 846 g/mol. The third kappa shape index (κ3) is 5.33. The van der Waals surface area contributed by atoms with Gasteiger partial charge in [-0.3, -0.25) is 0 Å². The molecule has 5 heterocycles. The quantitative estimate of drug-likeness (QED) is 0.163. The predicted molar refractivity (Wildman–Crippen MR) is 275 cm³/mol. The third-order valence-corrected chi connectivity index (χ3v) is 15.7. The zero-order chi connectivity index (χ0) is 44.7. The van der Waals surface area contributed by atoms with Gasteiger partial charge in [-0.15, -0.1) is 0 Å². The molecule has 3 aliphatic rings. The highest BCUT2D eigenvalue weighted by molar-refractivity contribution is 6.94. The number of anilines is 2. The minimum absolute atomic E-state index is 0.0234. The van der Waals surface area contributed by atoms with E-state index in [2.05, 4.69) is 206 Å². The van der Waals surface area contributed by atoms with Crippen molar-refractivity contribution in [3.63, 3.8) is 0 Å². The van der Waals surface area contributed by atoms with Gasteiger partial charge >= 0.3 is 6.85 Å². The minimum Gasteiger partial charge on any atom is -0.456 e. The van der Waals surface area contributed by atoms with E-state index in [0.29, 0.717) is 0 Å². The van der Waals surface area contributed by atoms with Crippen LogP contribution < -0.4 is 15.7 Å². The fraction of sp³-hybridized carbons (Fsp3) is 0.267. The Morgan fingerprint density at radius 3 is 1.98 bits per heavy atom. The highest BCUT2D eigenvalue weighted by Crippen LogP contribution is 2.54. The Balaban J connectivity index is 1.26. The molecule has 10 aromatic rings. The van der Waals surface area contributed by atoms with Gasteiger partial charge in [-0.2, -0.15) is 0 Å². The molecule has 2 aliphatic heterocycles. The Hall–Kier alpha value is -6.46. The lowest BCUT2D eigenvalue weighted by atomic mass is 9.43. The van der Waals surface area contributed by atoms with Crippen LogP contribution in [0.15, 0.2) is 136 Å². The van der Waals surface area contributed by atoms with Crippen LogP contribution in [-0.2, 0) is 21.7 Å². The smallest absolute Gasteiger partial charge is 0.333 e. The van der Waals surface area contributed by atoms with Gasteiger partial charge in [0.25, 0.3) is 0 Å². The molecule has 0 unspecified atom stereocenters. The Morgan fingerprint density at radius 1 is 0.585 bits per heavy atom. The summed E-state index contributed by atoms with van der Waals surface area (Å²) in [5.74, 6) is 0.879. The molecule has 3 aromatic heterocycles. The molecule has 7 aromatic carbocycles. The van der Waals surface area contributed by atoms with Crippen molar-refractivity contribution in [3.05, 3.63) is 150 Å². The van der Waals surface area contributed by atoms with Crippen LogP contribution in [0.25, 0.3) is 82.9 Å². The molecule has 1 aliphatic carbocycles. The van der Waals surface area contributed by atoms with Crippen molar-refractivity contribution in [2.24, 2.45) is 0 Å². The standard InChI is InChI=1S/C60H55BN2O2/c1-57(2,3)36-20-23-38(24-21-36)63-45-25-22-37(58(4,5)6)30-40(45)53-54-55-51(52-39-18-14-15-19-48(39)65-56(52)53)41-31-42-43(60(9,10)27-26-59(42,7)8)32-46(41)62(55)47-33-50-35(28-44(47)61(54)63)29-49(64-50)34-16-12-11-13-17-34/h11-25,28-33H,26-27H2,1-10H3. The maximum Gasteiger partial charge on any atom is 0.333 e. The maximum atomic E-state index is 7.32. The van der Waals surface area contributed by atoms with E-state index in [1.54, 1.807) is 0 Å². The average molecular weight is 847 g/mol. The second-order valence-corrected chi connectivity index (χ2v) is 22.8. The van der Waals surface area contributed by atoms with Crippen molar-refractivity contribution in [1.82, 2.24) is 4.57 Å². The fourth-order valence-corrected chi connectivity index (χ4v) is 12.0. The second-order valence-electron chi connectivity index (χ2n) is 22.8. The van der Waals surface area contributed by atoms with Gasteiger partial charge in [-0.25, -0.2) is 0 Å². The van der Waals surface area contributed by atoms with E-state index in [4.69, 9.17) is 8.83 Å². The van der Waals surface area contributed by atoms with E-state index in [1.165, 1.54) is 88.6 Å². The summed E-state index contributed by atoms with van der Waals surface area (Å²) in [5.41, 5.74) is 20.4. The number of para-hydroxylation sites is 1. The summed E-state index contributed by atoms with van der Waals surface area (Å²) in [7, 11) is 0. The molecule has 0 N–H and O–H groups in total. The highest BCUT2D eigenvalue weighted by Gasteiger charge is 2.47. The number of hydrogen-bond acceptors (Lipinski definition) is 3. The number of furan rings is 2. The second kappa shape index (κ2) is 12.7. The normalized spacial score (nSPS) is 16.2. The first-order chi connectivity index (χ1) is 31.0. The first kappa shape index (κ1) is 39.0. The molecule has 0 spiro atoms. The number of nitrogens with zero attached hydrogens (tertiary/aromatic N) is 2. The van der Waals surface area contributed by atoms with Crippen LogP contribution in [0.5, 0.6) is 0 Å². The van der Waals surface area contributed by atoms with E-state index in [-0.39, 0.29) is 28.5 Å². The van der Waals surface area contributed by atoms with E-state index in [1.807, 2.05) is 0 Å². The molecule has 0 fully saturated rings. The first-order valence-electron chi connectivity index (χ1n) is 23.7. The van der Waals surface area contributed by atoms with Crippen LogP contribution in [0, 0.1) is 0 Å². The highest BCUT2D eigenvalue weighted by atomic mass is 16.3. The number of aromatic nitrogens is 1. The van der Waals surface area contributed by atoms with E-state index in [9.17, 15) is 0 Å². The van der Waals surface area contributed by atoms with Gasteiger partial charge in [-0.05, 0) is 116 Å². The van der Waals surface area contributed by atoms with Gasteiger partial charge in [0, 0.05) is 66.8 Å². The first-order valence-corrected chi connectivity index (χ1v) is 23.7. The molecule has 0 atom stereocenters. The molecule has 0 saturated heterocycles. The summed E-state index contributed by atoms with van der Waals surface area (Å²) in [6.07, 6.45) is 2.30. The van der Waals surface area contributed by atoms with Crippen molar-refractivity contribution in [2.45, 2.75) is 104 Å². The zero-order valence-electron chi connectivity index (χ0n) is 39.3. The lowest BCUT2D eigenvalue weighted by molar-refractivity contribution is 0.332. The number of rotatable bonds is 2. The summed E-state index contributed by atoms with van der Waals surface area (Å²) in [4.78, 5) is 2.64. The predicted octanol–water partition coefficient (Wildman–Crippen LogP) is 15.3. The van der Waals surface area contributed by atoms with Gasteiger partial charge in [0.2, 0.25) is 0 Å². The Kier molecular flexibility index (Phi) is 7.59. The van der Waals surface area contributed by atoms with Crippen LogP contribution >= 0.6 is 0 Å².